The molecule has 1 atom stereocenters. The van der Waals surface area contributed by atoms with Gasteiger partial charge < -0.3 is 20.1 Å². The summed E-state index contributed by atoms with van der Waals surface area (Å²) in [5.74, 6) is 0. The zero-order valence-electron chi connectivity index (χ0n) is 4.41. The Labute approximate surface area is 47.8 Å². The quantitative estimate of drug-likeness (QED) is 0.403. The van der Waals surface area contributed by atoms with Crippen molar-refractivity contribution in [3.63, 3.8) is 0 Å². The van der Waals surface area contributed by atoms with Gasteiger partial charge in [0.25, 0.3) is 0 Å². The molecule has 0 aromatic rings. The summed E-state index contributed by atoms with van der Waals surface area (Å²) in [5, 5.41) is 8.53. The summed E-state index contributed by atoms with van der Waals surface area (Å²) < 4.78 is 9.33. The molecule has 0 amide bonds. The molecular weight excluding hydrogens is 109 g/mol. The highest BCUT2D eigenvalue weighted by Gasteiger charge is 2.29. The standard InChI is InChI=1S/C3H8BNO3/c5-1-3-2-7-4(6)8-3/h3,6H,1-2,5H2. The molecule has 3 N–H and O–H groups in total. The van der Waals surface area contributed by atoms with E-state index in [4.69, 9.17) is 15.4 Å². The van der Waals surface area contributed by atoms with Crippen molar-refractivity contribution in [2.75, 3.05) is 13.2 Å². The Morgan fingerprint density at radius 3 is 2.88 bits per heavy atom. The van der Waals surface area contributed by atoms with Crippen molar-refractivity contribution in [1.29, 1.82) is 0 Å². The molecule has 1 unspecified atom stereocenters. The van der Waals surface area contributed by atoms with Gasteiger partial charge >= 0.3 is 7.32 Å². The van der Waals surface area contributed by atoms with Gasteiger partial charge in [0.1, 0.15) is 0 Å². The zero-order valence-corrected chi connectivity index (χ0v) is 4.41. The summed E-state index contributed by atoms with van der Waals surface area (Å²) in [7, 11) is -1.05. The van der Waals surface area contributed by atoms with Crippen LogP contribution >= 0.6 is 0 Å². The maximum atomic E-state index is 8.53. The second kappa shape index (κ2) is 2.45. The molecule has 1 fully saturated rings. The van der Waals surface area contributed by atoms with E-state index in [2.05, 4.69) is 4.65 Å². The van der Waals surface area contributed by atoms with Crippen LogP contribution in [0, 0.1) is 0 Å². The van der Waals surface area contributed by atoms with Crippen molar-refractivity contribution in [3.05, 3.63) is 0 Å². The first-order valence-corrected chi connectivity index (χ1v) is 2.48. The minimum absolute atomic E-state index is 0.120. The minimum atomic E-state index is -1.05. The number of hydrogen-bond donors (Lipinski definition) is 2. The second-order valence-electron chi connectivity index (χ2n) is 1.63. The van der Waals surface area contributed by atoms with Crippen LogP contribution in [0.1, 0.15) is 0 Å². The lowest BCUT2D eigenvalue weighted by Gasteiger charge is -2.00. The molecule has 0 aromatic heterocycles. The lowest BCUT2D eigenvalue weighted by molar-refractivity contribution is 0.216. The molecule has 5 heteroatoms. The molecule has 0 radical (unpaired) electrons. The Bertz CT molecular complexity index is 80.9. The third-order valence-electron chi connectivity index (χ3n) is 0.996. The first-order chi connectivity index (χ1) is 3.83. The van der Waals surface area contributed by atoms with Crippen LogP contribution in [-0.4, -0.2) is 31.6 Å². The molecule has 46 valence electrons. The van der Waals surface area contributed by atoms with E-state index in [1.807, 2.05) is 0 Å². The van der Waals surface area contributed by atoms with Crippen LogP contribution in [0.5, 0.6) is 0 Å². The van der Waals surface area contributed by atoms with Gasteiger partial charge in [-0.05, 0) is 0 Å². The molecule has 1 aliphatic heterocycles. The SMILES string of the molecule is NCC1COB(O)O1. The Kier molecular flexibility index (Phi) is 1.85. The monoisotopic (exact) mass is 117 g/mol. The summed E-state index contributed by atoms with van der Waals surface area (Å²) in [4.78, 5) is 0. The van der Waals surface area contributed by atoms with Crippen molar-refractivity contribution < 1.29 is 14.3 Å². The minimum Gasteiger partial charge on any atom is -0.402 e. The number of rotatable bonds is 1. The van der Waals surface area contributed by atoms with E-state index in [0.717, 1.165) is 0 Å². The predicted molar refractivity (Wildman–Crippen MR) is 27.9 cm³/mol. The van der Waals surface area contributed by atoms with E-state index >= 15 is 0 Å². The van der Waals surface area contributed by atoms with E-state index in [-0.39, 0.29) is 6.10 Å². The van der Waals surface area contributed by atoms with Gasteiger partial charge in [-0.25, -0.2) is 0 Å². The van der Waals surface area contributed by atoms with Gasteiger partial charge in [-0.3, -0.25) is 0 Å². The van der Waals surface area contributed by atoms with Crippen molar-refractivity contribution in [2.45, 2.75) is 6.10 Å². The summed E-state index contributed by atoms with van der Waals surface area (Å²) in [6.07, 6.45) is -0.120. The lowest BCUT2D eigenvalue weighted by Crippen LogP contribution is -2.23. The van der Waals surface area contributed by atoms with E-state index < -0.39 is 7.32 Å². The molecular formula is C3H8BNO3. The molecule has 1 heterocycles. The second-order valence-corrected chi connectivity index (χ2v) is 1.63. The Morgan fingerprint density at radius 1 is 1.88 bits per heavy atom. The highest BCUT2D eigenvalue weighted by atomic mass is 16.7. The van der Waals surface area contributed by atoms with Crippen molar-refractivity contribution >= 4 is 7.32 Å². The molecule has 1 aliphatic rings. The summed E-state index contributed by atoms with van der Waals surface area (Å²) in [6.45, 7) is 0.800. The molecule has 0 bridgehead atoms. The third-order valence-corrected chi connectivity index (χ3v) is 0.996. The Morgan fingerprint density at radius 2 is 2.62 bits per heavy atom. The predicted octanol–water partition coefficient (Wildman–Crippen LogP) is -1.66. The summed E-state index contributed by atoms with van der Waals surface area (Å²) in [5.41, 5.74) is 5.18. The van der Waals surface area contributed by atoms with Gasteiger partial charge in [0.15, 0.2) is 0 Å². The average Bonchev–Trinajstić information content (AvgIpc) is 2.14. The van der Waals surface area contributed by atoms with E-state index in [0.29, 0.717) is 13.2 Å². The molecule has 0 spiro atoms. The summed E-state index contributed by atoms with van der Waals surface area (Å²) in [6, 6.07) is 0. The van der Waals surface area contributed by atoms with Crippen molar-refractivity contribution in [3.8, 4) is 0 Å². The van der Waals surface area contributed by atoms with Crippen molar-refractivity contribution in [2.24, 2.45) is 5.73 Å². The maximum Gasteiger partial charge on any atom is 0.637 e. The van der Waals surface area contributed by atoms with Gasteiger partial charge in [-0.15, -0.1) is 0 Å². The summed E-state index contributed by atoms with van der Waals surface area (Å²) >= 11 is 0. The Hall–Kier alpha value is -0.0951. The van der Waals surface area contributed by atoms with Crippen LogP contribution in [0.15, 0.2) is 0 Å². The van der Waals surface area contributed by atoms with Crippen LogP contribution in [0.3, 0.4) is 0 Å². The number of hydrogen-bond acceptors (Lipinski definition) is 4. The van der Waals surface area contributed by atoms with Crippen LogP contribution < -0.4 is 5.73 Å². The zero-order chi connectivity index (χ0) is 5.98. The fraction of sp³-hybridized carbons (Fsp3) is 1.00. The maximum absolute atomic E-state index is 8.53. The lowest BCUT2D eigenvalue weighted by atomic mass is 10.3. The van der Waals surface area contributed by atoms with Crippen LogP contribution in [0.4, 0.5) is 0 Å². The first kappa shape index (κ1) is 6.03. The van der Waals surface area contributed by atoms with Gasteiger partial charge in [0.05, 0.1) is 12.7 Å². The van der Waals surface area contributed by atoms with Crippen LogP contribution in [0.2, 0.25) is 0 Å². The van der Waals surface area contributed by atoms with Crippen molar-refractivity contribution in [1.82, 2.24) is 0 Å². The van der Waals surface area contributed by atoms with Crippen LogP contribution in [0.25, 0.3) is 0 Å². The fourth-order valence-electron chi connectivity index (χ4n) is 0.556. The van der Waals surface area contributed by atoms with E-state index in [1.165, 1.54) is 0 Å². The third kappa shape index (κ3) is 1.19. The van der Waals surface area contributed by atoms with Gasteiger partial charge in [0, 0.05) is 6.54 Å². The molecule has 4 nitrogen and oxygen atoms in total. The normalized spacial score (nSPS) is 29.2. The Balaban J connectivity index is 2.22. The van der Waals surface area contributed by atoms with Crippen LogP contribution in [-0.2, 0) is 9.31 Å². The highest BCUT2D eigenvalue weighted by Crippen LogP contribution is 2.02. The first-order valence-electron chi connectivity index (χ1n) is 2.48. The van der Waals surface area contributed by atoms with E-state index in [1.54, 1.807) is 0 Å². The average molecular weight is 117 g/mol. The molecule has 0 aromatic carbocycles. The molecule has 8 heavy (non-hydrogen) atoms. The molecule has 0 aliphatic carbocycles. The van der Waals surface area contributed by atoms with E-state index in [9.17, 15) is 0 Å². The molecule has 1 saturated heterocycles. The van der Waals surface area contributed by atoms with Gasteiger partial charge in [-0.2, -0.15) is 0 Å². The van der Waals surface area contributed by atoms with Gasteiger partial charge in [-0.1, -0.05) is 0 Å². The number of nitrogens with two attached hydrogens (primary N) is 1. The largest absolute Gasteiger partial charge is 0.637 e. The highest BCUT2D eigenvalue weighted by molar-refractivity contribution is 6.35. The fourth-order valence-corrected chi connectivity index (χ4v) is 0.556. The topological polar surface area (TPSA) is 64.7 Å². The smallest absolute Gasteiger partial charge is 0.402 e. The molecule has 1 rings (SSSR count). The molecule has 0 saturated carbocycles. The van der Waals surface area contributed by atoms with Gasteiger partial charge in [0.2, 0.25) is 0 Å².